The minimum atomic E-state index is -0.124. The predicted molar refractivity (Wildman–Crippen MR) is 99.4 cm³/mol. The highest BCUT2D eigenvalue weighted by molar-refractivity contribution is 9.10. The van der Waals surface area contributed by atoms with Crippen molar-refractivity contribution in [2.24, 2.45) is 0 Å². The Bertz CT molecular complexity index is 846. The number of ether oxygens (including phenoxy) is 1. The quantitative estimate of drug-likeness (QED) is 0.682. The molecule has 0 saturated carbocycles. The Morgan fingerprint density at radius 2 is 1.96 bits per heavy atom. The van der Waals surface area contributed by atoms with Crippen molar-refractivity contribution in [2.75, 3.05) is 7.11 Å². The first-order valence-corrected chi connectivity index (χ1v) is 8.96. The number of thiazole rings is 1. The Morgan fingerprint density at radius 3 is 2.67 bits per heavy atom. The van der Waals surface area contributed by atoms with Gasteiger partial charge in [0.25, 0.3) is 5.91 Å². The number of halogens is 1. The molecule has 0 aliphatic carbocycles. The molecule has 1 N–H and O–H groups in total. The summed E-state index contributed by atoms with van der Waals surface area (Å²) in [6.45, 7) is 0.396. The van der Waals surface area contributed by atoms with E-state index in [-0.39, 0.29) is 5.91 Å². The van der Waals surface area contributed by atoms with E-state index in [1.807, 2.05) is 47.8 Å². The number of carbonyl (C=O) groups excluding carboxylic acids is 1. The minimum absolute atomic E-state index is 0.124. The van der Waals surface area contributed by atoms with Crippen LogP contribution >= 0.6 is 27.3 Å². The number of amides is 1. The van der Waals surface area contributed by atoms with Crippen molar-refractivity contribution < 1.29 is 9.53 Å². The zero-order valence-electron chi connectivity index (χ0n) is 13.0. The Hall–Kier alpha value is -2.18. The van der Waals surface area contributed by atoms with E-state index in [0.29, 0.717) is 12.1 Å². The van der Waals surface area contributed by atoms with Crippen LogP contribution in [0.3, 0.4) is 0 Å². The third kappa shape index (κ3) is 3.83. The van der Waals surface area contributed by atoms with E-state index in [1.54, 1.807) is 24.5 Å². The summed E-state index contributed by atoms with van der Waals surface area (Å²) in [5, 5.41) is 5.77. The van der Waals surface area contributed by atoms with Crippen LogP contribution in [0.4, 0.5) is 0 Å². The van der Waals surface area contributed by atoms with E-state index in [0.717, 1.165) is 26.5 Å². The molecule has 1 amide bonds. The molecule has 122 valence electrons. The molecular formula is C18H15BrN2O2S. The number of benzene rings is 2. The molecule has 1 heterocycles. The number of rotatable bonds is 5. The van der Waals surface area contributed by atoms with Crippen LogP contribution in [-0.4, -0.2) is 18.0 Å². The summed E-state index contributed by atoms with van der Waals surface area (Å²) < 4.78 is 5.94. The molecule has 0 spiro atoms. The maximum Gasteiger partial charge on any atom is 0.252 e. The van der Waals surface area contributed by atoms with Crippen LogP contribution in [0.15, 0.2) is 58.4 Å². The van der Waals surface area contributed by atoms with Gasteiger partial charge >= 0.3 is 0 Å². The molecule has 3 rings (SSSR count). The van der Waals surface area contributed by atoms with Crippen molar-refractivity contribution >= 4 is 33.2 Å². The van der Waals surface area contributed by atoms with Gasteiger partial charge in [-0.1, -0.05) is 12.1 Å². The number of nitrogens with zero attached hydrogens (tertiary/aromatic N) is 1. The number of hydrogen-bond acceptors (Lipinski definition) is 4. The first-order valence-electron chi connectivity index (χ1n) is 7.29. The normalized spacial score (nSPS) is 10.4. The van der Waals surface area contributed by atoms with Gasteiger partial charge in [-0.05, 0) is 52.3 Å². The smallest absolute Gasteiger partial charge is 0.252 e. The van der Waals surface area contributed by atoms with Crippen LogP contribution in [0.1, 0.15) is 16.1 Å². The summed E-state index contributed by atoms with van der Waals surface area (Å²) >= 11 is 4.94. The van der Waals surface area contributed by atoms with Crippen LogP contribution in [-0.2, 0) is 6.54 Å². The van der Waals surface area contributed by atoms with Crippen molar-refractivity contribution in [3.63, 3.8) is 0 Å². The Labute approximate surface area is 152 Å². The number of aromatic nitrogens is 1. The van der Waals surface area contributed by atoms with Crippen molar-refractivity contribution in [1.29, 1.82) is 0 Å². The lowest BCUT2D eigenvalue weighted by Gasteiger charge is -2.05. The van der Waals surface area contributed by atoms with Gasteiger partial charge < -0.3 is 10.1 Å². The van der Waals surface area contributed by atoms with Gasteiger partial charge in [0.1, 0.15) is 10.8 Å². The number of hydrogen-bond donors (Lipinski definition) is 1. The monoisotopic (exact) mass is 402 g/mol. The molecule has 0 aliphatic rings. The second-order valence-electron chi connectivity index (χ2n) is 5.04. The first kappa shape index (κ1) is 16.7. The van der Waals surface area contributed by atoms with Crippen molar-refractivity contribution in [3.8, 4) is 16.3 Å². The molecule has 0 fully saturated rings. The zero-order valence-corrected chi connectivity index (χ0v) is 15.4. The molecular weight excluding hydrogens is 388 g/mol. The summed E-state index contributed by atoms with van der Waals surface area (Å²) in [6.07, 6.45) is 0. The van der Waals surface area contributed by atoms with Gasteiger partial charge in [0.15, 0.2) is 0 Å². The SMILES string of the molecule is COc1ccc(-c2nc(CNC(=O)c3ccccc3Br)cs2)cc1. The van der Waals surface area contributed by atoms with Gasteiger partial charge in [-0.25, -0.2) is 4.98 Å². The van der Waals surface area contributed by atoms with Crippen LogP contribution in [0, 0.1) is 0 Å². The second-order valence-corrected chi connectivity index (χ2v) is 6.75. The molecule has 0 saturated heterocycles. The maximum atomic E-state index is 12.2. The molecule has 0 aliphatic heterocycles. The van der Waals surface area contributed by atoms with Crippen LogP contribution in [0.5, 0.6) is 5.75 Å². The molecule has 0 bridgehead atoms. The van der Waals surface area contributed by atoms with Crippen molar-refractivity contribution in [1.82, 2.24) is 10.3 Å². The molecule has 6 heteroatoms. The third-order valence-corrected chi connectivity index (χ3v) is 5.07. The van der Waals surface area contributed by atoms with E-state index in [1.165, 1.54) is 0 Å². The number of nitrogens with one attached hydrogen (secondary N) is 1. The summed E-state index contributed by atoms with van der Waals surface area (Å²) in [6, 6.07) is 15.1. The number of carbonyl (C=O) groups is 1. The Balaban J connectivity index is 1.66. The van der Waals surface area contributed by atoms with Crippen molar-refractivity contribution in [2.45, 2.75) is 6.54 Å². The summed E-state index contributed by atoms with van der Waals surface area (Å²) in [5.74, 6) is 0.692. The van der Waals surface area contributed by atoms with E-state index >= 15 is 0 Å². The highest BCUT2D eigenvalue weighted by atomic mass is 79.9. The standard InChI is InChI=1S/C18H15BrN2O2S/c1-23-14-8-6-12(7-9-14)18-21-13(11-24-18)10-20-17(22)15-4-2-3-5-16(15)19/h2-9,11H,10H2,1H3,(H,20,22). The lowest BCUT2D eigenvalue weighted by atomic mass is 10.2. The fraction of sp³-hybridized carbons (Fsp3) is 0.111. The van der Waals surface area contributed by atoms with Gasteiger partial charge in [-0.15, -0.1) is 11.3 Å². The average Bonchev–Trinajstić information content (AvgIpc) is 3.09. The summed E-state index contributed by atoms with van der Waals surface area (Å²) in [4.78, 5) is 16.8. The largest absolute Gasteiger partial charge is 0.497 e. The molecule has 0 unspecified atom stereocenters. The predicted octanol–water partition coefficient (Wildman–Crippen LogP) is 4.51. The highest BCUT2D eigenvalue weighted by Crippen LogP contribution is 2.25. The van der Waals surface area contributed by atoms with Crippen LogP contribution in [0.2, 0.25) is 0 Å². The van der Waals surface area contributed by atoms with E-state index in [4.69, 9.17) is 4.74 Å². The lowest BCUT2D eigenvalue weighted by molar-refractivity contribution is 0.0949. The lowest BCUT2D eigenvalue weighted by Crippen LogP contribution is -2.23. The summed E-state index contributed by atoms with van der Waals surface area (Å²) in [5.41, 5.74) is 2.48. The maximum absolute atomic E-state index is 12.2. The van der Waals surface area contributed by atoms with E-state index in [2.05, 4.69) is 26.2 Å². The van der Waals surface area contributed by atoms with E-state index < -0.39 is 0 Å². The van der Waals surface area contributed by atoms with Crippen molar-refractivity contribution in [3.05, 3.63) is 69.6 Å². The summed E-state index contributed by atoms with van der Waals surface area (Å²) in [7, 11) is 1.64. The molecule has 3 aromatic rings. The number of methoxy groups -OCH3 is 1. The Kier molecular flexibility index (Phi) is 5.27. The average molecular weight is 403 g/mol. The van der Waals surface area contributed by atoms with Crippen LogP contribution in [0.25, 0.3) is 10.6 Å². The van der Waals surface area contributed by atoms with Gasteiger partial charge in [-0.3, -0.25) is 4.79 Å². The Morgan fingerprint density at radius 1 is 1.21 bits per heavy atom. The van der Waals surface area contributed by atoms with E-state index in [9.17, 15) is 4.79 Å². The topological polar surface area (TPSA) is 51.2 Å². The minimum Gasteiger partial charge on any atom is -0.497 e. The van der Waals surface area contributed by atoms with Gasteiger partial charge in [0, 0.05) is 15.4 Å². The third-order valence-electron chi connectivity index (χ3n) is 3.44. The molecule has 4 nitrogen and oxygen atoms in total. The zero-order chi connectivity index (χ0) is 16.9. The van der Waals surface area contributed by atoms with Gasteiger partial charge in [-0.2, -0.15) is 0 Å². The molecule has 1 aromatic heterocycles. The molecule has 2 aromatic carbocycles. The van der Waals surface area contributed by atoms with Gasteiger partial charge in [0.2, 0.25) is 0 Å². The fourth-order valence-electron chi connectivity index (χ4n) is 2.17. The second kappa shape index (κ2) is 7.59. The molecule has 24 heavy (non-hydrogen) atoms. The fourth-order valence-corrected chi connectivity index (χ4v) is 3.46. The highest BCUT2D eigenvalue weighted by Gasteiger charge is 2.10. The van der Waals surface area contributed by atoms with Gasteiger partial charge in [0.05, 0.1) is 24.9 Å². The first-order chi connectivity index (χ1) is 11.7. The van der Waals surface area contributed by atoms with Crippen LogP contribution < -0.4 is 10.1 Å². The molecule has 0 atom stereocenters. The molecule has 0 radical (unpaired) electrons.